The Morgan fingerprint density at radius 2 is 1.83 bits per heavy atom. The maximum atomic E-state index is 12.3. The SMILES string of the molecule is CCc1ccccc1NC(=O)CN1CCN(C(=O)[C@H]2C[C@@H]2C)CC1. The molecule has 2 atom stereocenters. The average molecular weight is 329 g/mol. The monoisotopic (exact) mass is 329 g/mol. The number of benzene rings is 1. The van der Waals surface area contributed by atoms with E-state index in [1.54, 1.807) is 0 Å². The van der Waals surface area contributed by atoms with Crippen LogP contribution in [0.4, 0.5) is 5.69 Å². The topological polar surface area (TPSA) is 52.7 Å². The number of piperazine rings is 1. The van der Waals surface area contributed by atoms with Crippen molar-refractivity contribution in [1.29, 1.82) is 0 Å². The van der Waals surface area contributed by atoms with Crippen molar-refractivity contribution in [2.75, 3.05) is 38.0 Å². The van der Waals surface area contributed by atoms with Crippen molar-refractivity contribution in [3.63, 3.8) is 0 Å². The fraction of sp³-hybridized carbons (Fsp3) is 0.579. The van der Waals surface area contributed by atoms with Crippen molar-refractivity contribution >= 4 is 17.5 Å². The number of para-hydroxylation sites is 1. The molecule has 5 heteroatoms. The van der Waals surface area contributed by atoms with Crippen molar-refractivity contribution in [1.82, 2.24) is 9.80 Å². The van der Waals surface area contributed by atoms with Crippen molar-refractivity contribution in [2.24, 2.45) is 11.8 Å². The summed E-state index contributed by atoms with van der Waals surface area (Å²) >= 11 is 0. The summed E-state index contributed by atoms with van der Waals surface area (Å²) in [5, 5.41) is 3.02. The van der Waals surface area contributed by atoms with Gasteiger partial charge >= 0.3 is 0 Å². The average Bonchev–Trinajstić information content (AvgIpc) is 3.32. The number of aryl methyl sites for hydroxylation is 1. The van der Waals surface area contributed by atoms with Gasteiger partial charge in [0.25, 0.3) is 0 Å². The molecule has 0 aromatic heterocycles. The van der Waals surface area contributed by atoms with Gasteiger partial charge in [-0.05, 0) is 30.4 Å². The van der Waals surface area contributed by atoms with Crippen LogP contribution >= 0.6 is 0 Å². The van der Waals surface area contributed by atoms with E-state index in [9.17, 15) is 9.59 Å². The number of carbonyl (C=O) groups is 2. The van der Waals surface area contributed by atoms with E-state index in [-0.39, 0.29) is 11.8 Å². The molecule has 1 aliphatic carbocycles. The molecule has 2 fully saturated rings. The van der Waals surface area contributed by atoms with Gasteiger partial charge in [-0.3, -0.25) is 14.5 Å². The van der Waals surface area contributed by atoms with E-state index >= 15 is 0 Å². The molecule has 1 aliphatic heterocycles. The molecule has 1 saturated carbocycles. The standard InChI is InChI=1S/C19H27N3O2/c1-3-15-6-4-5-7-17(15)20-18(23)13-21-8-10-22(11-9-21)19(24)16-12-14(16)2/h4-7,14,16H,3,8-13H2,1-2H3,(H,20,23)/t14-,16-/m0/s1. The zero-order valence-electron chi connectivity index (χ0n) is 14.6. The number of hydrogen-bond acceptors (Lipinski definition) is 3. The summed E-state index contributed by atoms with van der Waals surface area (Å²) in [4.78, 5) is 28.6. The lowest BCUT2D eigenvalue weighted by atomic mass is 10.1. The predicted octanol–water partition coefficient (Wildman–Crippen LogP) is 1.99. The zero-order valence-corrected chi connectivity index (χ0v) is 14.6. The highest BCUT2D eigenvalue weighted by molar-refractivity contribution is 5.93. The Labute approximate surface area is 144 Å². The Kier molecular flexibility index (Phi) is 5.19. The van der Waals surface area contributed by atoms with Gasteiger partial charge in [0.1, 0.15) is 0 Å². The molecule has 5 nitrogen and oxygen atoms in total. The normalized spacial score (nSPS) is 23.8. The van der Waals surface area contributed by atoms with Crippen LogP contribution in [0.2, 0.25) is 0 Å². The molecule has 24 heavy (non-hydrogen) atoms. The number of nitrogens with one attached hydrogen (secondary N) is 1. The second kappa shape index (κ2) is 7.34. The Balaban J connectivity index is 1.45. The summed E-state index contributed by atoms with van der Waals surface area (Å²) < 4.78 is 0. The Bertz CT molecular complexity index is 608. The number of carbonyl (C=O) groups excluding carboxylic acids is 2. The van der Waals surface area contributed by atoms with E-state index in [0.29, 0.717) is 18.4 Å². The third kappa shape index (κ3) is 3.96. The lowest BCUT2D eigenvalue weighted by Crippen LogP contribution is -2.51. The van der Waals surface area contributed by atoms with Gasteiger partial charge in [-0.15, -0.1) is 0 Å². The molecule has 1 aromatic carbocycles. The number of anilines is 1. The summed E-state index contributed by atoms with van der Waals surface area (Å²) in [5.41, 5.74) is 2.06. The van der Waals surface area contributed by atoms with E-state index in [1.807, 2.05) is 29.2 Å². The fourth-order valence-corrected chi connectivity index (χ4v) is 3.37. The highest BCUT2D eigenvalue weighted by Gasteiger charge is 2.41. The van der Waals surface area contributed by atoms with Crippen molar-refractivity contribution < 1.29 is 9.59 Å². The quantitative estimate of drug-likeness (QED) is 0.899. The lowest BCUT2D eigenvalue weighted by molar-refractivity contribution is -0.134. The summed E-state index contributed by atoms with van der Waals surface area (Å²) in [6, 6.07) is 7.92. The van der Waals surface area contributed by atoms with Crippen LogP contribution in [-0.4, -0.2) is 54.3 Å². The zero-order chi connectivity index (χ0) is 17.1. The number of rotatable bonds is 5. The van der Waals surface area contributed by atoms with Crippen LogP contribution in [-0.2, 0) is 16.0 Å². The molecular formula is C19H27N3O2. The number of amides is 2. The van der Waals surface area contributed by atoms with Crippen LogP contribution in [0.5, 0.6) is 0 Å². The molecule has 0 spiro atoms. The first-order valence-electron chi connectivity index (χ1n) is 8.97. The minimum absolute atomic E-state index is 0.0199. The molecule has 3 rings (SSSR count). The van der Waals surface area contributed by atoms with Crippen LogP contribution in [0.25, 0.3) is 0 Å². The summed E-state index contributed by atoms with van der Waals surface area (Å²) in [6.07, 6.45) is 1.94. The van der Waals surface area contributed by atoms with E-state index in [2.05, 4.69) is 24.1 Å². The van der Waals surface area contributed by atoms with Gasteiger partial charge in [0.05, 0.1) is 6.54 Å². The Morgan fingerprint density at radius 3 is 2.46 bits per heavy atom. The fourth-order valence-electron chi connectivity index (χ4n) is 3.37. The van der Waals surface area contributed by atoms with Gasteiger partial charge in [-0.2, -0.15) is 0 Å². The van der Waals surface area contributed by atoms with Gasteiger partial charge in [-0.1, -0.05) is 32.0 Å². The maximum Gasteiger partial charge on any atom is 0.238 e. The molecule has 1 heterocycles. The van der Waals surface area contributed by atoms with E-state index < -0.39 is 0 Å². The van der Waals surface area contributed by atoms with Gasteiger partial charge < -0.3 is 10.2 Å². The van der Waals surface area contributed by atoms with E-state index in [0.717, 1.165) is 50.3 Å². The second-order valence-corrected chi connectivity index (χ2v) is 6.98. The smallest absolute Gasteiger partial charge is 0.238 e. The predicted molar refractivity (Wildman–Crippen MR) is 94.7 cm³/mol. The van der Waals surface area contributed by atoms with Gasteiger partial charge in [0, 0.05) is 37.8 Å². The van der Waals surface area contributed by atoms with Gasteiger partial charge in [0.15, 0.2) is 0 Å². The maximum absolute atomic E-state index is 12.3. The molecule has 1 saturated heterocycles. The Morgan fingerprint density at radius 1 is 1.17 bits per heavy atom. The third-order valence-electron chi connectivity index (χ3n) is 5.15. The van der Waals surface area contributed by atoms with Crippen molar-refractivity contribution in [3.05, 3.63) is 29.8 Å². The highest BCUT2D eigenvalue weighted by atomic mass is 16.2. The largest absolute Gasteiger partial charge is 0.340 e. The molecular weight excluding hydrogens is 302 g/mol. The second-order valence-electron chi connectivity index (χ2n) is 6.98. The molecule has 2 amide bonds. The summed E-state index contributed by atoms with van der Waals surface area (Å²) in [5.74, 6) is 1.14. The number of hydrogen-bond donors (Lipinski definition) is 1. The molecule has 1 N–H and O–H groups in total. The minimum Gasteiger partial charge on any atom is -0.340 e. The van der Waals surface area contributed by atoms with Crippen LogP contribution in [0.1, 0.15) is 25.8 Å². The third-order valence-corrected chi connectivity index (χ3v) is 5.15. The first-order chi connectivity index (χ1) is 11.6. The summed E-state index contributed by atoms with van der Waals surface area (Å²) in [7, 11) is 0. The van der Waals surface area contributed by atoms with Gasteiger partial charge in [0.2, 0.25) is 11.8 Å². The number of nitrogens with zero attached hydrogens (tertiary/aromatic N) is 2. The van der Waals surface area contributed by atoms with Gasteiger partial charge in [-0.25, -0.2) is 0 Å². The summed E-state index contributed by atoms with van der Waals surface area (Å²) in [6.45, 7) is 7.63. The molecule has 0 radical (unpaired) electrons. The molecule has 130 valence electrons. The van der Waals surface area contributed by atoms with Crippen LogP contribution in [0, 0.1) is 11.8 Å². The van der Waals surface area contributed by atoms with Crippen molar-refractivity contribution in [2.45, 2.75) is 26.7 Å². The minimum atomic E-state index is 0.0199. The first kappa shape index (κ1) is 17.0. The van der Waals surface area contributed by atoms with Crippen LogP contribution in [0.15, 0.2) is 24.3 Å². The molecule has 1 aromatic rings. The van der Waals surface area contributed by atoms with Crippen molar-refractivity contribution in [3.8, 4) is 0 Å². The van der Waals surface area contributed by atoms with Crippen LogP contribution < -0.4 is 5.32 Å². The highest BCUT2D eigenvalue weighted by Crippen LogP contribution is 2.39. The van der Waals surface area contributed by atoms with E-state index in [1.165, 1.54) is 0 Å². The molecule has 2 aliphatic rings. The molecule has 0 bridgehead atoms. The van der Waals surface area contributed by atoms with Crippen LogP contribution in [0.3, 0.4) is 0 Å². The van der Waals surface area contributed by atoms with E-state index in [4.69, 9.17) is 0 Å². The Hall–Kier alpha value is -1.88. The first-order valence-corrected chi connectivity index (χ1v) is 8.97. The molecule has 0 unspecified atom stereocenters. The lowest BCUT2D eigenvalue weighted by Gasteiger charge is -2.34.